The normalized spacial score (nSPS) is 15.2. The second-order valence-corrected chi connectivity index (χ2v) is 7.94. The van der Waals surface area contributed by atoms with Crippen LogP contribution in [0.5, 0.6) is 0 Å². The van der Waals surface area contributed by atoms with E-state index in [1.54, 1.807) is 7.05 Å². The highest BCUT2D eigenvalue weighted by molar-refractivity contribution is 5.86. The largest absolute Gasteiger partial charge is 0.379 e. The lowest BCUT2D eigenvalue weighted by Crippen LogP contribution is -2.47. The molecule has 2 rings (SSSR count). The average Bonchev–Trinajstić information content (AvgIpc) is 2.81. The predicted octanol–water partition coefficient (Wildman–Crippen LogP) is 2.47. The van der Waals surface area contributed by atoms with Gasteiger partial charge in [-0.25, -0.2) is 0 Å². The molecule has 174 valence electrons. The summed E-state index contributed by atoms with van der Waals surface area (Å²) in [4.78, 5) is 18.7. The zero-order valence-electron chi connectivity index (χ0n) is 19.3. The Bertz CT molecular complexity index is 631. The lowest BCUT2D eigenvalue weighted by atomic mass is 9.90. The van der Waals surface area contributed by atoms with Crippen LogP contribution in [0.1, 0.15) is 38.2 Å². The Balaban J connectivity index is 1.53. The van der Waals surface area contributed by atoms with Crippen LogP contribution in [0.4, 0.5) is 0 Å². The van der Waals surface area contributed by atoms with E-state index in [4.69, 9.17) is 9.47 Å². The van der Waals surface area contributed by atoms with Gasteiger partial charge >= 0.3 is 0 Å². The predicted molar refractivity (Wildman–Crippen MR) is 125 cm³/mol. The molecule has 2 N–H and O–H groups in total. The molecule has 1 aromatic rings. The fraction of sp³-hybridized carbons (Fsp3) is 0.667. The molecule has 7 heteroatoms. The molecule has 0 radical (unpaired) electrons. The van der Waals surface area contributed by atoms with Crippen LogP contribution in [0.25, 0.3) is 0 Å². The summed E-state index contributed by atoms with van der Waals surface area (Å²) in [6.07, 6.45) is 5.46. The number of piperidine rings is 1. The summed E-state index contributed by atoms with van der Waals surface area (Å²) >= 11 is 0. The maximum Gasteiger partial charge on any atom is 0.241 e. The van der Waals surface area contributed by atoms with Crippen LogP contribution in [0.15, 0.2) is 35.3 Å². The second-order valence-electron chi connectivity index (χ2n) is 7.94. The first-order valence-corrected chi connectivity index (χ1v) is 11.6. The molecule has 1 saturated heterocycles. The minimum atomic E-state index is 0.126. The monoisotopic (exact) mass is 432 g/mol. The van der Waals surface area contributed by atoms with E-state index >= 15 is 0 Å². The number of amides is 1. The van der Waals surface area contributed by atoms with Gasteiger partial charge in [0.25, 0.3) is 0 Å². The number of ether oxygens (including phenoxy) is 2. The fourth-order valence-corrected chi connectivity index (χ4v) is 3.64. The zero-order chi connectivity index (χ0) is 22.2. The summed E-state index contributed by atoms with van der Waals surface area (Å²) in [7, 11) is 1.71. The summed E-state index contributed by atoms with van der Waals surface area (Å²) in [5, 5.41) is 6.29. The molecule has 31 heavy (non-hydrogen) atoms. The molecule has 0 bridgehead atoms. The van der Waals surface area contributed by atoms with Gasteiger partial charge in [-0.15, -0.1) is 0 Å². The molecule has 1 amide bonds. The second kappa shape index (κ2) is 15.6. The van der Waals surface area contributed by atoms with Gasteiger partial charge in [-0.1, -0.05) is 43.7 Å². The lowest BCUT2D eigenvalue weighted by Gasteiger charge is -2.32. The number of hydrogen-bond acceptors (Lipinski definition) is 4. The van der Waals surface area contributed by atoms with Gasteiger partial charge < -0.3 is 25.0 Å². The third-order valence-corrected chi connectivity index (χ3v) is 5.52. The van der Waals surface area contributed by atoms with Crippen LogP contribution in [0, 0.1) is 5.92 Å². The van der Waals surface area contributed by atoms with Crippen molar-refractivity contribution in [2.75, 3.05) is 59.7 Å². The van der Waals surface area contributed by atoms with Crippen LogP contribution >= 0.6 is 0 Å². The van der Waals surface area contributed by atoms with Crippen molar-refractivity contribution in [1.29, 1.82) is 0 Å². The highest BCUT2D eigenvalue weighted by Gasteiger charge is 2.22. The topological polar surface area (TPSA) is 75.2 Å². The van der Waals surface area contributed by atoms with E-state index < -0.39 is 0 Å². The summed E-state index contributed by atoms with van der Waals surface area (Å²) < 4.78 is 11.0. The summed E-state index contributed by atoms with van der Waals surface area (Å²) in [6.45, 7) is 7.29. The average molecular weight is 433 g/mol. The van der Waals surface area contributed by atoms with E-state index in [1.165, 1.54) is 5.56 Å². The van der Waals surface area contributed by atoms with Crippen molar-refractivity contribution in [3.8, 4) is 0 Å². The number of rotatable bonds is 13. The Morgan fingerprint density at radius 3 is 2.45 bits per heavy atom. The molecule has 0 unspecified atom stereocenters. The van der Waals surface area contributed by atoms with E-state index in [9.17, 15) is 4.79 Å². The number of guanidine groups is 1. The fourth-order valence-electron chi connectivity index (χ4n) is 3.64. The highest BCUT2D eigenvalue weighted by atomic mass is 16.5. The molecule has 1 fully saturated rings. The van der Waals surface area contributed by atoms with Crippen molar-refractivity contribution in [2.24, 2.45) is 10.9 Å². The molecule has 0 saturated carbocycles. The molecule has 1 heterocycles. The summed E-state index contributed by atoms with van der Waals surface area (Å²) in [5.74, 6) is 1.41. The Hall–Kier alpha value is -2.12. The minimum Gasteiger partial charge on any atom is -0.379 e. The molecule has 1 aliphatic heterocycles. The van der Waals surface area contributed by atoms with Crippen molar-refractivity contribution >= 4 is 11.9 Å². The van der Waals surface area contributed by atoms with E-state index in [0.717, 1.165) is 51.8 Å². The Labute approximate surface area is 187 Å². The molecule has 1 aliphatic rings. The van der Waals surface area contributed by atoms with Gasteiger partial charge in [0.1, 0.15) is 0 Å². The van der Waals surface area contributed by atoms with E-state index in [2.05, 4.69) is 52.9 Å². The number of benzene rings is 1. The summed E-state index contributed by atoms with van der Waals surface area (Å²) in [6, 6.07) is 10.6. The van der Waals surface area contributed by atoms with E-state index in [0.29, 0.717) is 38.2 Å². The molecule has 0 aliphatic carbocycles. The zero-order valence-corrected chi connectivity index (χ0v) is 19.3. The van der Waals surface area contributed by atoms with Crippen molar-refractivity contribution in [2.45, 2.75) is 39.0 Å². The van der Waals surface area contributed by atoms with Gasteiger partial charge in [0.05, 0.1) is 26.4 Å². The van der Waals surface area contributed by atoms with Gasteiger partial charge in [-0.3, -0.25) is 9.79 Å². The molecular formula is C24H40N4O3. The number of unbranched alkanes of at least 4 members (excludes halogenated alkanes) is 1. The van der Waals surface area contributed by atoms with Gasteiger partial charge in [0.15, 0.2) is 5.96 Å². The first kappa shape index (κ1) is 25.1. The number of carbonyl (C=O) groups is 1. The standard InChI is InChI=1S/C24H40N4O3/c1-3-4-15-30-17-18-31-16-12-26-24(25-2)27-20-23(29)28-13-10-22(11-14-28)19-21-8-6-5-7-9-21/h5-9,22H,3-4,10-20H2,1-2H3,(H2,25,26,27). The Morgan fingerprint density at radius 1 is 1.06 bits per heavy atom. The quantitative estimate of drug-likeness (QED) is 0.285. The maximum absolute atomic E-state index is 12.5. The van der Waals surface area contributed by atoms with E-state index in [1.807, 2.05) is 4.90 Å². The number of nitrogens with zero attached hydrogens (tertiary/aromatic N) is 2. The molecule has 1 aromatic carbocycles. The smallest absolute Gasteiger partial charge is 0.241 e. The molecule has 7 nitrogen and oxygen atoms in total. The Kier molecular flexibility index (Phi) is 12.7. The maximum atomic E-state index is 12.5. The molecule has 0 aromatic heterocycles. The SMILES string of the molecule is CCCCOCCOCCNC(=NC)NCC(=O)N1CCC(Cc2ccccc2)CC1. The molecule has 0 spiro atoms. The minimum absolute atomic E-state index is 0.126. The highest BCUT2D eigenvalue weighted by Crippen LogP contribution is 2.21. The van der Waals surface area contributed by atoms with Crippen molar-refractivity contribution in [3.05, 3.63) is 35.9 Å². The first-order valence-electron chi connectivity index (χ1n) is 11.6. The van der Waals surface area contributed by atoms with Crippen LogP contribution < -0.4 is 10.6 Å². The third-order valence-electron chi connectivity index (χ3n) is 5.52. The number of aliphatic imine (C=N–C) groups is 1. The van der Waals surface area contributed by atoms with Gasteiger partial charge in [-0.05, 0) is 37.2 Å². The number of likely N-dealkylation sites (tertiary alicyclic amines) is 1. The molecule has 0 atom stereocenters. The van der Waals surface area contributed by atoms with Crippen LogP contribution in [0.3, 0.4) is 0 Å². The molecular weight excluding hydrogens is 392 g/mol. The first-order chi connectivity index (χ1) is 15.2. The number of hydrogen-bond donors (Lipinski definition) is 2. The van der Waals surface area contributed by atoms with Gasteiger partial charge in [0.2, 0.25) is 5.91 Å². The van der Waals surface area contributed by atoms with Crippen molar-refractivity contribution < 1.29 is 14.3 Å². The van der Waals surface area contributed by atoms with Crippen LogP contribution in [-0.2, 0) is 20.7 Å². The number of nitrogens with one attached hydrogen (secondary N) is 2. The van der Waals surface area contributed by atoms with Crippen molar-refractivity contribution in [3.63, 3.8) is 0 Å². The number of carbonyl (C=O) groups excluding carboxylic acids is 1. The van der Waals surface area contributed by atoms with E-state index in [-0.39, 0.29) is 12.5 Å². The summed E-state index contributed by atoms with van der Waals surface area (Å²) in [5.41, 5.74) is 1.39. The third kappa shape index (κ3) is 10.6. The van der Waals surface area contributed by atoms with Crippen LogP contribution in [0.2, 0.25) is 0 Å². The lowest BCUT2D eigenvalue weighted by molar-refractivity contribution is -0.131. The Morgan fingerprint density at radius 2 is 1.77 bits per heavy atom. The van der Waals surface area contributed by atoms with Crippen LogP contribution in [-0.4, -0.2) is 76.4 Å². The van der Waals surface area contributed by atoms with Gasteiger partial charge in [-0.2, -0.15) is 0 Å². The van der Waals surface area contributed by atoms with Crippen molar-refractivity contribution in [1.82, 2.24) is 15.5 Å². The van der Waals surface area contributed by atoms with Gasteiger partial charge in [0, 0.05) is 33.3 Å².